The summed E-state index contributed by atoms with van der Waals surface area (Å²) in [4.78, 5) is 9.65. The van der Waals surface area contributed by atoms with Crippen LogP contribution in [-0.4, -0.2) is 49.5 Å². The van der Waals surface area contributed by atoms with Crippen molar-refractivity contribution in [3.05, 3.63) is 77.6 Å². The molecule has 2 aromatic carbocycles. The van der Waals surface area contributed by atoms with Crippen molar-refractivity contribution in [2.75, 3.05) is 44.5 Å². The number of anilines is 1. The fourth-order valence-corrected chi connectivity index (χ4v) is 6.22. The number of aromatic nitrogens is 1. The third kappa shape index (κ3) is 3.23. The highest BCUT2D eigenvalue weighted by molar-refractivity contribution is 5.70. The maximum atomic E-state index is 6.25. The molecule has 0 N–H and O–H groups in total. The highest BCUT2D eigenvalue weighted by Crippen LogP contribution is 2.54. The predicted molar refractivity (Wildman–Crippen MR) is 130 cm³/mol. The molecule has 0 amide bonds. The van der Waals surface area contributed by atoms with Gasteiger partial charge in [-0.1, -0.05) is 24.3 Å². The van der Waals surface area contributed by atoms with Crippen molar-refractivity contribution >= 4 is 5.69 Å². The zero-order valence-electron chi connectivity index (χ0n) is 19.3. The largest absolute Gasteiger partial charge is 0.492 e. The molecule has 4 aliphatic rings. The molecule has 1 fully saturated rings. The lowest BCUT2D eigenvalue weighted by Gasteiger charge is -2.35. The molecule has 1 saturated heterocycles. The lowest BCUT2D eigenvalue weighted by Crippen LogP contribution is -2.41. The molecule has 0 aliphatic carbocycles. The number of para-hydroxylation sites is 1. The first kappa shape index (κ1) is 20.2. The molecule has 34 heavy (non-hydrogen) atoms. The van der Waals surface area contributed by atoms with Crippen LogP contribution in [0.5, 0.6) is 17.2 Å². The lowest BCUT2D eigenvalue weighted by molar-refractivity contribution is 0.173. The molecule has 174 valence electrons. The van der Waals surface area contributed by atoms with Gasteiger partial charge in [-0.25, -0.2) is 0 Å². The van der Waals surface area contributed by atoms with Crippen molar-refractivity contribution in [2.45, 2.75) is 24.8 Å². The molecule has 6 heteroatoms. The van der Waals surface area contributed by atoms with E-state index in [-0.39, 0.29) is 12.2 Å². The van der Waals surface area contributed by atoms with E-state index in [1.54, 1.807) is 0 Å². The van der Waals surface area contributed by atoms with Gasteiger partial charge in [0.2, 0.25) is 6.79 Å². The molecule has 3 aromatic rings. The van der Waals surface area contributed by atoms with E-state index >= 15 is 0 Å². The Morgan fingerprint density at radius 3 is 2.56 bits per heavy atom. The van der Waals surface area contributed by atoms with Gasteiger partial charge >= 0.3 is 0 Å². The van der Waals surface area contributed by atoms with Gasteiger partial charge in [-0.05, 0) is 61.7 Å². The molecule has 4 aliphatic heterocycles. The summed E-state index contributed by atoms with van der Waals surface area (Å²) in [5.41, 5.74) is 4.98. The number of hydrogen-bond acceptors (Lipinski definition) is 6. The summed E-state index contributed by atoms with van der Waals surface area (Å²) in [5, 5.41) is 0. The van der Waals surface area contributed by atoms with Crippen LogP contribution in [0.25, 0.3) is 0 Å². The molecule has 1 aromatic heterocycles. The fraction of sp³-hybridized carbons (Fsp3) is 0.393. The molecule has 1 unspecified atom stereocenters. The van der Waals surface area contributed by atoms with Crippen LogP contribution in [0.3, 0.4) is 0 Å². The molecule has 7 rings (SSSR count). The lowest BCUT2D eigenvalue weighted by atomic mass is 9.77. The number of hydrogen-bond donors (Lipinski definition) is 0. The number of piperidine rings is 1. The second-order valence-electron chi connectivity index (χ2n) is 10.0. The minimum Gasteiger partial charge on any atom is -0.492 e. The van der Waals surface area contributed by atoms with E-state index in [4.69, 9.17) is 14.2 Å². The van der Waals surface area contributed by atoms with E-state index in [9.17, 15) is 0 Å². The van der Waals surface area contributed by atoms with Crippen molar-refractivity contribution < 1.29 is 14.2 Å². The molecule has 0 saturated carbocycles. The topological polar surface area (TPSA) is 47.1 Å². The standard InChI is InChI=1S/C28H29N3O3/c1-2-7-24-22(6-1)28(18-32-25-14-27-26(13-23(25)28)33-19-34-27)17-31(24)15-20-8-11-30(12-9-20)16-21-5-3-4-10-29-21/h1-7,10,13-14,20H,8-9,11-12,15-19H2. The van der Waals surface area contributed by atoms with Crippen molar-refractivity contribution in [1.82, 2.24) is 9.88 Å². The van der Waals surface area contributed by atoms with E-state index in [1.165, 1.54) is 29.7 Å². The summed E-state index contributed by atoms with van der Waals surface area (Å²) in [5.74, 6) is 3.25. The maximum absolute atomic E-state index is 6.25. The molecule has 1 atom stereocenters. The minimum atomic E-state index is -0.146. The zero-order chi connectivity index (χ0) is 22.5. The summed E-state index contributed by atoms with van der Waals surface area (Å²) < 4.78 is 17.6. The highest BCUT2D eigenvalue weighted by atomic mass is 16.7. The smallest absolute Gasteiger partial charge is 0.231 e. The van der Waals surface area contributed by atoms with Crippen LogP contribution >= 0.6 is 0 Å². The number of rotatable bonds is 4. The van der Waals surface area contributed by atoms with Gasteiger partial charge < -0.3 is 19.1 Å². The second-order valence-corrected chi connectivity index (χ2v) is 10.0. The third-order valence-corrected chi connectivity index (χ3v) is 7.98. The third-order valence-electron chi connectivity index (χ3n) is 7.98. The van der Waals surface area contributed by atoms with Crippen molar-refractivity contribution in [3.63, 3.8) is 0 Å². The van der Waals surface area contributed by atoms with Gasteiger partial charge in [-0.3, -0.25) is 9.88 Å². The molecular formula is C28H29N3O3. The molecule has 5 heterocycles. The van der Waals surface area contributed by atoms with Crippen LogP contribution < -0.4 is 19.1 Å². The first-order chi connectivity index (χ1) is 16.8. The Labute approximate surface area is 200 Å². The van der Waals surface area contributed by atoms with E-state index in [1.807, 2.05) is 18.3 Å². The number of benzene rings is 2. The molecule has 0 bridgehead atoms. The minimum absolute atomic E-state index is 0.146. The van der Waals surface area contributed by atoms with E-state index in [2.05, 4.69) is 57.2 Å². The van der Waals surface area contributed by atoms with Gasteiger partial charge in [0, 0.05) is 43.1 Å². The maximum Gasteiger partial charge on any atom is 0.231 e. The number of likely N-dealkylation sites (tertiary alicyclic amines) is 1. The van der Waals surface area contributed by atoms with Gasteiger partial charge in [0.25, 0.3) is 0 Å². The normalized spacial score (nSPS) is 23.2. The fourth-order valence-electron chi connectivity index (χ4n) is 6.22. The first-order valence-electron chi connectivity index (χ1n) is 12.3. The average molecular weight is 456 g/mol. The summed E-state index contributed by atoms with van der Waals surface area (Å²) in [6.07, 6.45) is 4.34. The Bertz CT molecular complexity index is 1210. The van der Waals surface area contributed by atoms with Crippen molar-refractivity contribution in [2.24, 2.45) is 5.92 Å². The van der Waals surface area contributed by atoms with Gasteiger partial charge in [0.15, 0.2) is 11.5 Å². The zero-order valence-corrected chi connectivity index (χ0v) is 19.3. The number of nitrogens with zero attached hydrogens (tertiary/aromatic N) is 3. The summed E-state index contributed by atoms with van der Waals surface area (Å²) in [7, 11) is 0. The van der Waals surface area contributed by atoms with Crippen molar-refractivity contribution in [3.8, 4) is 17.2 Å². The first-order valence-corrected chi connectivity index (χ1v) is 12.3. The molecule has 1 spiro atoms. The molecule has 0 radical (unpaired) electrons. The van der Waals surface area contributed by atoms with Gasteiger partial charge in [-0.15, -0.1) is 0 Å². The monoisotopic (exact) mass is 455 g/mol. The Hall–Kier alpha value is -3.25. The van der Waals surface area contributed by atoms with Crippen LogP contribution in [0.15, 0.2) is 60.8 Å². The SMILES string of the molecule is c1ccc(CN2CCC(CN3CC4(COc5cc6c(cc54)OCO6)c4ccccc43)CC2)nc1. The van der Waals surface area contributed by atoms with E-state index < -0.39 is 0 Å². The number of ether oxygens (including phenoxy) is 3. The second kappa shape index (κ2) is 7.91. The molecular weight excluding hydrogens is 426 g/mol. The predicted octanol–water partition coefficient (Wildman–Crippen LogP) is 4.22. The Kier molecular flexibility index (Phi) is 4.69. The number of fused-ring (bicyclic) bond motifs is 5. The van der Waals surface area contributed by atoms with Gasteiger partial charge in [-0.2, -0.15) is 0 Å². The van der Waals surface area contributed by atoms with Crippen LogP contribution in [0.4, 0.5) is 5.69 Å². The van der Waals surface area contributed by atoms with E-state index in [0.29, 0.717) is 12.5 Å². The van der Waals surface area contributed by atoms with Crippen LogP contribution in [0, 0.1) is 5.92 Å². The van der Waals surface area contributed by atoms with E-state index in [0.717, 1.165) is 55.7 Å². The quantitative estimate of drug-likeness (QED) is 0.587. The Balaban J connectivity index is 1.10. The van der Waals surface area contributed by atoms with Crippen LogP contribution in [0.2, 0.25) is 0 Å². The Morgan fingerprint density at radius 2 is 1.71 bits per heavy atom. The Morgan fingerprint density at radius 1 is 0.882 bits per heavy atom. The summed E-state index contributed by atoms with van der Waals surface area (Å²) in [6, 6.07) is 19.2. The summed E-state index contributed by atoms with van der Waals surface area (Å²) >= 11 is 0. The van der Waals surface area contributed by atoms with Crippen LogP contribution in [0.1, 0.15) is 29.7 Å². The molecule has 6 nitrogen and oxygen atoms in total. The summed E-state index contributed by atoms with van der Waals surface area (Å²) in [6.45, 7) is 6.22. The van der Waals surface area contributed by atoms with Crippen molar-refractivity contribution in [1.29, 1.82) is 0 Å². The number of pyridine rings is 1. The highest BCUT2D eigenvalue weighted by Gasteiger charge is 2.50. The van der Waals surface area contributed by atoms with Gasteiger partial charge in [0.05, 0.1) is 11.1 Å². The van der Waals surface area contributed by atoms with Gasteiger partial charge in [0.1, 0.15) is 12.4 Å². The average Bonchev–Trinajstić information content (AvgIpc) is 3.57. The van der Waals surface area contributed by atoms with Crippen LogP contribution in [-0.2, 0) is 12.0 Å².